The van der Waals surface area contributed by atoms with Gasteiger partial charge in [0, 0.05) is 13.0 Å². The number of imidazole rings is 1. The van der Waals surface area contributed by atoms with Gasteiger partial charge in [-0.25, -0.2) is 4.98 Å². The Kier molecular flexibility index (Phi) is 4.56. The molecule has 1 aromatic carbocycles. The predicted octanol–water partition coefficient (Wildman–Crippen LogP) is 2.68. The van der Waals surface area contributed by atoms with Crippen LogP contribution in [-0.4, -0.2) is 35.4 Å². The molecule has 2 heterocycles. The van der Waals surface area contributed by atoms with Gasteiger partial charge in [0.15, 0.2) is 0 Å². The minimum Gasteiger partial charge on any atom is -0.378 e. The van der Waals surface area contributed by atoms with Gasteiger partial charge >= 0.3 is 0 Å². The highest BCUT2D eigenvalue weighted by Gasteiger charge is 2.14. The summed E-state index contributed by atoms with van der Waals surface area (Å²) in [6.45, 7) is 8.19. The van der Waals surface area contributed by atoms with Gasteiger partial charge in [-0.1, -0.05) is 6.07 Å². The third-order valence-corrected chi connectivity index (χ3v) is 4.26. The lowest BCUT2D eigenvalue weighted by molar-refractivity contribution is 0.0340. The summed E-state index contributed by atoms with van der Waals surface area (Å²) < 4.78 is 8.32. The van der Waals surface area contributed by atoms with Crippen molar-refractivity contribution in [2.45, 2.75) is 45.8 Å². The number of fused-ring (bicyclic) bond motifs is 1. The molecule has 4 nitrogen and oxygen atoms in total. The number of benzene rings is 1. The number of piperidine rings is 1. The molecule has 0 spiro atoms. The van der Waals surface area contributed by atoms with Gasteiger partial charge in [0.05, 0.1) is 23.7 Å². The summed E-state index contributed by atoms with van der Waals surface area (Å²) in [7, 11) is 0. The van der Waals surface area contributed by atoms with Crippen LogP contribution in [0.4, 0.5) is 0 Å². The van der Waals surface area contributed by atoms with Crippen LogP contribution in [0.3, 0.4) is 0 Å². The summed E-state index contributed by atoms with van der Waals surface area (Å²) in [5.74, 6) is 1.15. The molecule has 0 unspecified atom stereocenters. The summed E-state index contributed by atoms with van der Waals surface area (Å²) in [4.78, 5) is 4.80. The molecule has 0 aliphatic carbocycles. The molecule has 4 heteroatoms. The highest BCUT2D eigenvalue weighted by molar-refractivity contribution is 5.76. The Bertz CT molecular complexity index is 599. The number of hydrogen-bond acceptors (Lipinski definition) is 3. The van der Waals surface area contributed by atoms with E-state index in [1.54, 1.807) is 0 Å². The highest BCUT2D eigenvalue weighted by Crippen LogP contribution is 2.18. The van der Waals surface area contributed by atoms with E-state index in [1.807, 2.05) is 0 Å². The Hall–Kier alpha value is -1.39. The van der Waals surface area contributed by atoms with Crippen LogP contribution >= 0.6 is 0 Å². The van der Waals surface area contributed by atoms with Crippen LogP contribution in [0.2, 0.25) is 0 Å². The molecule has 1 aliphatic rings. The predicted molar refractivity (Wildman–Crippen MR) is 85.7 cm³/mol. The van der Waals surface area contributed by atoms with E-state index in [2.05, 4.69) is 41.9 Å². The van der Waals surface area contributed by atoms with Gasteiger partial charge < -0.3 is 14.6 Å². The van der Waals surface area contributed by atoms with Crippen LogP contribution in [0.15, 0.2) is 18.2 Å². The molecule has 1 saturated heterocycles. The highest BCUT2D eigenvalue weighted by atomic mass is 16.5. The monoisotopic (exact) mass is 287 g/mol. The minimum absolute atomic E-state index is 0.424. The Labute approximate surface area is 126 Å². The van der Waals surface area contributed by atoms with Crippen molar-refractivity contribution in [1.82, 2.24) is 14.9 Å². The van der Waals surface area contributed by atoms with Crippen LogP contribution in [0, 0.1) is 6.92 Å². The lowest BCUT2D eigenvalue weighted by atomic mass is 10.1. The summed E-state index contributed by atoms with van der Waals surface area (Å²) in [6, 6.07) is 6.50. The van der Waals surface area contributed by atoms with Crippen molar-refractivity contribution in [3.63, 3.8) is 0 Å². The molecule has 1 N–H and O–H groups in total. The molecule has 1 aromatic heterocycles. The number of nitrogens with one attached hydrogen (secondary N) is 1. The van der Waals surface area contributed by atoms with Gasteiger partial charge in [-0.15, -0.1) is 0 Å². The van der Waals surface area contributed by atoms with Crippen molar-refractivity contribution in [2.75, 3.05) is 19.7 Å². The first kappa shape index (κ1) is 14.5. The fourth-order valence-electron chi connectivity index (χ4n) is 3.11. The van der Waals surface area contributed by atoms with Gasteiger partial charge in [-0.05, 0) is 57.5 Å². The lowest BCUT2D eigenvalue weighted by Gasteiger charge is -2.22. The fourth-order valence-corrected chi connectivity index (χ4v) is 3.11. The van der Waals surface area contributed by atoms with Gasteiger partial charge in [-0.2, -0.15) is 0 Å². The molecule has 1 fully saturated rings. The van der Waals surface area contributed by atoms with Crippen LogP contribution in [0.5, 0.6) is 0 Å². The maximum Gasteiger partial charge on any atom is 0.112 e. The summed E-state index contributed by atoms with van der Waals surface area (Å²) >= 11 is 0. The second kappa shape index (κ2) is 6.58. The lowest BCUT2D eigenvalue weighted by Crippen LogP contribution is -2.32. The number of rotatable bonds is 5. The smallest absolute Gasteiger partial charge is 0.112 e. The van der Waals surface area contributed by atoms with Crippen molar-refractivity contribution >= 4 is 11.0 Å². The van der Waals surface area contributed by atoms with Crippen molar-refractivity contribution in [1.29, 1.82) is 0 Å². The van der Waals surface area contributed by atoms with Gasteiger partial charge in [-0.3, -0.25) is 0 Å². The Morgan fingerprint density at radius 2 is 2.14 bits per heavy atom. The Morgan fingerprint density at radius 3 is 2.90 bits per heavy atom. The molecule has 2 aromatic rings. The second-order valence-electron chi connectivity index (χ2n) is 5.83. The standard InChI is InChI=1S/C17H25N3O/c1-3-20-16-5-4-13(2)12-15(16)19-17(20)8-11-21-14-6-9-18-10-7-14/h4-5,12,14,18H,3,6-11H2,1-2H3. The molecular formula is C17H25N3O. The van der Waals surface area contributed by atoms with Gasteiger partial charge in [0.2, 0.25) is 0 Å². The topological polar surface area (TPSA) is 39.1 Å². The number of hydrogen-bond donors (Lipinski definition) is 1. The van der Waals surface area contributed by atoms with Crippen LogP contribution < -0.4 is 5.32 Å². The van der Waals surface area contributed by atoms with E-state index in [4.69, 9.17) is 9.72 Å². The largest absolute Gasteiger partial charge is 0.378 e. The normalized spacial score (nSPS) is 16.7. The van der Waals surface area contributed by atoms with E-state index in [9.17, 15) is 0 Å². The average molecular weight is 287 g/mol. The maximum atomic E-state index is 6.01. The molecule has 3 rings (SSSR count). The van der Waals surface area contributed by atoms with E-state index >= 15 is 0 Å². The van der Waals surface area contributed by atoms with E-state index in [1.165, 1.54) is 11.1 Å². The SMILES string of the molecule is CCn1c(CCOC2CCNCC2)nc2cc(C)ccc21. The zero-order chi connectivity index (χ0) is 14.7. The van der Waals surface area contributed by atoms with Crippen LogP contribution in [-0.2, 0) is 17.7 Å². The first-order valence-corrected chi connectivity index (χ1v) is 8.06. The molecule has 0 radical (unpaired) electrons. The van der Waals surface area contributed by atoms with Gasteiger partial charge in [0.1, 0.15) is 5.82 Å². The summed E-state index contributed by atoms with van der Waals surface area (Å²) in [5.41, 5.74) is 3.61. The molecular weight excluding hydrogens is 262 g/mol. The van der Waals surface area contributed by atoms with Crippen molar-refractivity contribution < 1.29 is 4.74 Å². The molecule has 114 valence electrons. The Morgan fingerprint density at radius 1 is 1.33 bits per heavy atom. The zero-order valence-electron chi connectivity index (χ0n) is 13.1. The van der Waals surface area contributed by atoms with Crippen LogP contribution in [0.25, 0.3) is 11.0 Å². The summed E-state index contributed by atoms with van der Waals surface area (Å²) in [6.07, 6.45) is 3.58. The van der Waals surface area contributed by atoms with E-state index < -0.39 is 0 Å². The summed E-state index contributed by atoms with van der Waals surface area (Å²) in [5, 5.41) is 3.37. The number of ether oxygens (including phenoxy) is 1. The second-order valence-corrected chi connectivity index (χ2v) is 5.83. The third-order valence-electron chi connectivity index (χ3n) is 4.26. The maximum absolute atomic E-state index is 6.01. The van der Waals surface area contributed by atoms with Crippen molar-refractivity contribution in [2.24, 2.45) is 0 Å². The molecule has 1 aliphatic heterocycles. The van der Waals surface area contributed by atoms with Gasteiger partial charge in [0.25, 0.3) is 0 Å². The van der Waals surface area contributed by atoms with Crippen molar-refractivity contribution in [3.8, 4) is 0 Å². The number of nitrogens with zero attached hydrogens (tertiary/aromatic N) is 2. The molecule has 0 atom stereocenters. The Balaban J connectivity index is 1.68. The molecule has 0 saturated carbocycles. The van der Waals surface area contributed by atoms with Crippen molar-refractivity contribution in [3.05, 3.63) is 29.6 Å². The van der Waals surface area contributed by atoms with E-state index in [-0.39, 0.29) is 0 Å². The zero-order valence-corrected chi connectivity index (χ0v) is 13.1. The fraction of sp³-hybridized carbons (Fsp3) is 0.588. The average Bonchev–Trinajstić information content (AvgIpc) is 2.84. The molecule has 21 heavy (non-hydrogen) atoms. The minimum atomic E-state index is 0.424. The number of aromatic nitrogens is 2. The van der Waals surface area contributed by atoms with Crippen LogP contribution in [0.1, 0.15) is 31.2 Å². The first-order chi connectivity index (χ1) is 10.3. The quantitative estimate of drug-likeness (QED) is 0.919. The molecule has 0 amide bonds. The molecule has 0 bridgehead atoms. The van der Waals surface area contributed by atoms with E-state index in [0.29, 0.717) is 6.10 Å². The third kappa shape index (κ3) is 3.27. The number of aryl methyl sites for hydroxylation is 2. The first-order valence-electron chi connectivity index (χ1n) is 8.06. The van der Waals surface area contributed by atoms with E-state index in [0.717, 1.165) is 56.8 Å².